The monoisotopic (exact) mass is 205 g/mol. The van der Waals surface area contributed by atoms with Gasteiger partial charge in [0.05, 0.1) is 0 Å². The molecule has 1 N–H and O–H groups in total. The van der Waals surface area contributed by atoms with E-state index in [-0.39, 0.29) is 11.9 Å². The van der Waals surface area contributed by atoms with Crippen molar-refractivity contribution in [1.82, 2.24) is 5.32 Å². The van der Waals surface area contributed by atoms with E-state index in [1.165, 1.54) is 12.1 Å². The quantitative estimate of drug-likeness (QED) is 0.745. The van der Waals surface area contributed by atoms with E-state index < -0.39 is 0 Å². The minimum absolute atomic E-state index is 0.193. The Kier molecular flexibility index (Phi) is 4.86. The topological polar surface area (TPSA) is 12.0 Å². The minimum Gasteiger partial charge on any atom is -0.313 e. The van der Waals surface area contributed by atoms with Crippen LogP contribution in [0.2, 0.25) is 0 Å². The van der Waals surface area contributed by atoms with E-state index >= 15 is 0 Å². The molecule has 0 saturated heterocycles. The molecule has 1 atom stereocenters. The molecule has 15 heavy (non-hydrogen) atoms. The highest BCUT2D eigenvalue weighted by Gasteiger charge is 2.07. The second kappa shape index (κ2) is 6.21. The van der Waals surface area contributed by atoms with Gasteiger partial charge in [0, 0.05) is 12.5 Å². The van der Waals surface area contributed by atoms with Crippen LogP contribution >= 0.6 is 0 Å². The number of rotatable bonds is 4. The van der Waals surface area contributed by atoms with Crippen molar-refractivity contribution >= 4 is 0 Å². The molecule has 0 aromatic heterocycles. The highest BCUT2D eigenvalue weighted by atomic mass is 19.1. The SMILES string of the molecule is CC#CCCC(NC)c1ccc(F)cc1. The van der Waals surface area contributed by atoms with Gasteiger partial charge in [0.15, 0.2) is 0 Å². The number of benzene rings is 1. The van der Waals surface area contributed by atoms with Crippen LogP contribution in [0.5, 0.6) is 0 Å². The third-order valence-electron chi connectivity index (χ3n) is 2.36. The molecule has 1 aromatic rings. The second-order valence-corrected chi connectivity index (χ2v) is 3.36. The molecule has 1 aromatic carbocycles. The zero-order valence-electron chi connectivity index (χ0n) is 9.18. The molecule has 0 aliphatic heterocycles. The summed E-state index contributed by atoms with van der Waals surface area (Å²) in [6.45, 7) is 1.84. The first kappa shape index (κ1) is 11.7. The number of hydrogen-bond acceptors (Lipinski definition) is 1. The Morgan fingerprint density at radius 3 is 2.53 bits per heavy atom. The molecular formula is C13H16FN. The Morgan fingerprint density at radius 2 is 2.00 bits per heavy atom. The van der Waals surface area contributed by atoms with Crippen molar-refractivity contribution in [3.8, 4) is 11.8 Å². The van der Waals surface area contributed by atoms with Crippen molar-refractivity contribution < 1.29 is 4.39 Å². The zero-order chi connectivity index (χ0) is 11.1. The molecule has 0 fully saturated rings. The van der Waals surface area contributed by atoms with Crippen molar-refractivity contribution in [2.75, 3.05) is 7.05 Å². The van der Waals surface area contributed by atoms with Crippen LogP contribution < -0.4 is 5.32 Å². The van der Waals surface area contributed by atoms with Gasteiger partial charge in [-0.05, 0) is 38.1 Å². The van der Waals surface area contributed by atoms with Crippen molar-refractivity contribution in [2.24, 2.45) is 0 Å². The lowest BCUT2D eigenvalue weighted by molar-refractivity contribution is 0.555. The van der Waals surface area contributed by atoms with Crippen molar-refractivity contribution in [3.63, 3.8) is 0 Å². The standard InChI is InChI=1S/C13H16FN/c1-3-4-5-6-13(15-2)11-7-9-12(14)10-8-11/h7-10,13,15H,5-6H2,1-2H3. The van der Waals surface area contributed by atoms with E-state index in [2.05, 4.69) is 17.2 Å². The van der Waals surface area contributed by atoms with Gasteiger partial charge in [-0.15, -0.1) is 11.8 Å². The maximum atomic E-state index is 12.7. The summed E-state index contributed by atoms with van der Waals surface area (Å²) in [5.41, 5.74) is 1.11. The van der Waals surface area contributed by atoms with Crippen LogP contribution in [0.15, 0.2) is 24.3 Å². The summed E-state index contributed by atoms with van der Waals surface area (Å²) in [5.74, 6) is 5.71. The minimum atomic E-state index is -0.193. The van der Waals surface area contributed by atoms with Gasteiger partial charge in [0.2, 0.25) is 0 Å². The third-order valence-corrected chi connectivity index (χ3v) is 2.36. The summed E-state index contributed by atoms with van der Waals surface area (Å²) >= 11 is 0. The number of halogens is 1. The van der Waals surface area contributed by atoms with E-state index in [0.717, 1.165) is 18.4 Å². The van der Waals surface area contributed by atoms with Gasteiger partial charge in [0.1, 0.15) is 5.82 Å². The normalized spacial score (nSPS) is 11.7. The molecule has 1 nitrogen and oxygen atoms in total. The lowest BCUT2D eigenvalue weighted by atomic mass is 10.0. The first-order valence-corrected chi connectivity index (χ1v) is 5.10. The predicted molar refractivity (Wildman–Crippen MR) is 60.9 cm³/mol. The van der Waals surface area contributed by atoms with Crippen LogP contribution in [0, 0.1) is 17.7 Å². The van der Waals surface area contributed by atoms with Crippen LogP contribution in [0.1, 0.15) is 31.4 Å². The fourth-order valence-corrected chi connectivity index (χ4v) is 1.51. The van der Waals surface area contributed by atoms with E-state index in [0.29, 0.717) is 0 Å². The van der Waals surface area contributed by atoms with Gasteiger partial charge < -0.3 is 5.32 Å². The molecule has 0 spiro atoms. The summed E-state index contributed by atoms with van der Waals surface area (Å²) < 4.78 is 12.7. The highest BCUT2D eigenvalue weighted by Crippen LogP contribution is 2.17. The van der Waals surface area contributed by atoms with E-state index in [1.807, 2.05) is 26.1 Å². The smallest absolute Gasteiger partial charge is 0.123 e. The summed E-state index contributed by atoms with van der Waals surface area (Å²) in [6.07, 6.45) is 1.81. The lowest BCUT2D eigenvalue weighted by Gasteiger charge is -2.14. The molecule has 2 heteroatoms. The fourth-order valence-electron chi connectivity index (χ4n) is 1.51. The van der Waals surface area contributed by atoms with Gasteiger partial charge >= 0.3 is 0 Å². The fraction of sp³-hybridized carbons (Fsp3) is 0.385. The van der Waals surface area contributed by atoms with Crippen molar-refractivity contribution in [2.45, 2.75) is 25.8 Å². The average Bonchev–Trinajstić information content (AvgIpc) is 2.26. The summed E-state index contributed by atoms with van der Waals surface area (Å²) in [6, 6.07) is 6.87. The Morgan fingerprint density at radius 1 is 1.33 bits per heavy atom. The first-order chi connectivity index (χ1) is 7.27. The Bertz CT molecular complexity index is 345. The number of nitrogens with one attached hydrogen (secondary N) is 1. The molecule has 0 saturated carbocycles. The molecular weight excluding hydrogens is 189 g/mol. The van der Waals surface area contributed by atoms with Crippen molar-refractivity contribution in [1.29, 1.82) is 0 Å². The summed E-state index contributed by atoms with van der Waals surface area (Å²) in [5, 5.41) is 3.21. The van der Waals surface area contributed by atoms with Gasteiger partial charge in [-0.1, -0.05) is 12.1 Å². The molecule has 0 radical (unpaired) electrons. The Balaban J connectivity index is 2.64. The van der Waals surface area contributed by atoms with Gasteiger partial charge in [-0.3, -0.25) is 0 Å². The van der Waals surface area contributed by atoms with Crippen LogP contribution in [0.25, 0.3) is 0 Å². The molecule has 80 valence electrons. The van der Waals surface area contributed by atoms with Crippen LogP contribution in [0.4, 0.5) is 4.39 Å². The molecule has 0 aliphatic rings. The van der Waals surface area contributed by atoms with E-state index in [9.17, 15) is 4.39 Å². The lowest BCUT2D eigenvalue weighted by Crippen LogP contribution is -2.15. The first-order valence-electron chi connectivity index (χ1n) is 5.10. The summed E-state index contributed by atoms with van der Waals surface area (Å²) in [7, 11) is 1.91. The molecule has 0 amide bonds. The third kappa shape index (κ3) is 3.73. The second-order valence-electron chi connectivity index (χ2n) is 3.36. The average molecular weight is 205 g/mol. The van der Waals surface area contributed by atoms with Gasteiger partial charge in [-0.2, -0.15) is 0 Å². The van der Waals surface area contributed by atoms with Crippen LogP contribution in [-0.2, 0) is 0 Å². The largest absolute Gasteiger partial charge is 0.313 e. The molecule has 0 aliphatic carbocycles. The van der Waals surface area contributed by atoms with Gasteiger partial charge in [0.25, 0.3) is 0 Å². The maximum absolute atomic E-state index is 12.7. The van der Waals surface area contributed by atoms with Crippen LogP contribution in [-0.4, -0.2) is 7.05 Å². The van der Waals surface area contributed by atoms with E-state index in [4.69, 9.17) is 0 Å². The van der Waals surface area contributed by atoms with Crippen LogP contribution in [0.3, 0.4) is 0 Å². The molecule has 0 heterocycles. The number of hydrogen-bond donors (Lipinski definition) is 1. The molecule has 1 unspecified atom stereocenters. The van der Waals surface area contributed by atoms with Crippen molar-refractivity contribution in [3.05, 3.63) is 35.6 Å². The van der Waals surface area contributed by atoms with E-state index in [1.54, 1.807) is 0 Å². The molecule has 0 bridgehead atoms. The maximum Gasteiger partial charge on any atom is 0.123 e. The highest BCUT2D eigenvalue weighted by molar-refractivity contribution is 5.20. The Hall–Kier alpha value is -1.33. The predicted octanol–water partition coefficient (Wildman–Crippen LogP) is 2.89. The Labute approximate surface area is 90.7 Å². The zero-order valence-corrected chi connectivity index (χ0v) is 9.18. The summed E-state index contributed by atoms with van der Waals surface area (Å²) in [4.78, 5) is 0. The molecule has 1 rings (SSSR count). The van der Waals surface area contributed by atoms with Gasteiger partial charge in [-0.25, -0.2) is 4.39 Å².